The van der Waals surface area contributed by atoms with Crippen molar-refractivity contribution in [1.29, 1.82) is 0 Å². The average Bonchev–Trinajstić information content (AvgIpc) is 2.54. The largest absolute Gasteiger partial charge is 0.314 e. The van der Waals surface area contributed by atoms with E-state index in [2.05, 4.69) is 31.9 Å². The van der Waals surface area contributed by atoms with Gasteiger partial charge in [-0.25, -0.2) is 4.39 Å². The minimum Gasteiger partial charge on any atom is -0.314 e. The summed E-state index contributed by atoms with van der Waals surface area (Å²) < 4.78 is 21.5. The summed E-state index contributed by atoms with van der Waals surface area (Å²) >= 11 is 6.57. The summed E-state index contributed by atoms with van der Waals surface area (Å²) in [5.74, 6) is -0.659. The summed E-state index contributed by atoms with van der Waals surface area (Å²) in [5.41, 5.74) is 1.23. The zero-order valence-corrected chi connectivity index (χ0v) is 14.4. The lowest BCUT2D eigenvalue weighted by Gasteiger charge is -2.23. The number of hydrogen-bond acceptors (Lipinski definition) is 1. The fraction of sp³-hybridized carbons (Fsp3) is 0.188. The van der Waals surface area contributed by atoms with Crippen LogP contribution < -0.4 is 4.90 Å². The van der Waals surface area contributed by atoms with Crippen LogP contribution >= 0.6 is 31.9 Å². The van der Waals surface area contributed by atoms with Gasteiger partial charge in [-0.3, -0.25) is 4.79 Å². The van der Waals surface area contributed by atoms with Crippen LogP contribution in [0.5, 0.6) is 0 Å². The lowest BCUT2D eigenvalue weighted by atomic mass is 10.1. The van der Waals surface area contributed by atoms with Gasteiger partial charge >= 0.3 is 0 Å². The number of nitrogens with zero attached hydrogens (tertiary/aromatic N) is 1. The standard InChI is InChI=1S/C16H14Br2FNO/c1-20(13-5-3-2-4-6-13)16(21)15(18)14(17)11-7-9-12(19)10-8-11/h2-10,14-15H,1H3/i14D. The van der Waals surface area contributed by atoms with Gasteiger partial charge in [-0.1, -0.05) is 62.2 Å². The second-order valence-corrected chi connectivity index (χ2v) is 6.22. The molecule has 0 aliphatic heterocycles. The second kappa shape index (κ2) is 7.18. The van der Waals surface area contributed by atoms with E-state index in [1.165, 1.54) is 29.2 Å². The predicted molar refractivity (Wildman–Crippen MR) is 90.6 cm³/mol. The first kappa shape index (κ1) is 14.7. The van der Waals surface area contributed by atoms with Crippen molar-refractivity contribution < 1.29 is 10.6 Å². The van der Waals surface area contributed by atoms with E-state index in [1.807, 2.05) is 30.3 Å². The molecule has 0 heterocycles. The van der Waals surface area contributed by atoms with Gasteiger partial charge in [0.1, 0.15) is 10.6 Å². The minimum atomic E-state index is -1.40. The highest BCUT2D eigenvalue weighted by Crippen LogP contribution is 2.33. The molecular weight excluding hydrogens is 401 g/mol. The maximum absolute atomic E-state index is 13.0. The second-order valence-electron chi connectivity index (χ2n) is 4.45. The lowest BCUT2D eigenvalue weighted by molar-refractivity contribution is -0.117. The fourth-order valence-electron chi connectivity index (χ4n) is 1.81. The first-order valence-corrected chi connectivity index (χ1v) is 7.96. The van der Waals surface area contributed by atoms with E-state index in [-0.39, 0.29) is 11.7 Å². The third-order valence-electron chi connectivity index (χ3n) is 3.03. The Labute approximate surface area is 141 Å². The molecule has 0 aliphatic rings. The third kappa shape index (κ3) is 3.92. The molecule has 21 heavy (non-hydrogen) atoms. The number of carbonyl (C=O) groups excluding carboxylic acids is 1. The van der Waals surface area contributed by atoms with Gasteiger partial charge in [0.25, 0.3) is 0 Å². The molecule has 0 fully saturated rings. The molecule has 5 heteroatoms. The van der Waals surface area contributed by atoms with Crippen LogP contribution in [0, 0.1) is 5.82 Å². The van der Waals surface area contributed by atoms with Gasteiger partial charge < -0.3 is 4.90 Å². The average molecular weight is 416 g/mol. The van der Waals surface area contributed by atoms with Crippen molar-refractivity contribution in [2.45, 2.75) is 9.63 Å². The van der Waals surface area contributed by atoms with Crippen LogP contribution in [0.15, 0.2) is 54.6 Å². The van der Waals surface area contributed by atoms with E-state index in [1.54, 1.807) is 7.05 Å². The maximum atomic E-state index is 13.0. The Kier molecular flexibility index (Phi) is 5.04. The summed E-state index contributed by atoms with van der Waals surface area (Å²) in [6, 6.07) is 14.7. The van der Waals surface area contributed by atoms with E-state index in [9.17, 15) is 9.18 Å². The number of halogens is 3. The molecule has 2 nitrogen and oxygen atoms in total. The summed E-state index contributed by atoms with van der Waals surface area (Å²) in [5, 5.41) is 0. The van der Waals surface area contributed by atoms with Gasteiger partial charge in [0.05, 0.1) is 4.80 Å². The zero-order valence-electron chi connectivity index (χ0n) is 12.3. The molecule has 0 radical (unpaired) electrons. The number of amides is 1. The lowest BCUT2D eigenvalue weighted by Crippen LogP contribution is -2.35. The summed E-state index contributed by atoms with van der Waals surface area (Å²) in [6.07, 6.45) is 0. The highest BCUT2D eigenvalue weighted by Gasteiger charge is 2.28. The van der Waals surface area contributed by atoms with Gasteiger partial charge in [0, 0.05) is 14.1 Å². The first-order chi connectivity index (χ1) is 10.3. The fourth-order valence-corrected chi connectivity index (χ4v) is 2.84. The van der Waals surface area contributed by atoms with Crippen molar-refractivity contribution in [1.82, 2.24) is 0 Å². The van der Waals surface area contributed by atoms with Crippen LogP contribution in [0.1, 0.15) is 11.7 Å². The van der Waals surface area contributed by atoms with Gasteiger partial charge in [0.15, 0.2) is 0 Å². The molecule has 2 atom stereocenters. The molecule has 0 saturated carbocycles. The van der Waals surface area contributed by atoms with Crippen molar-refractivity contribution >= 4 is 43.5 Å². The molecule has 2 rings (SSSR count). The third-order valence-corrected chi connectivity index (χ3v) is 5.41. The van der Waals surface area contributed by atoms with Crippen LogP contribution in [0.25, 0.3) is 0 Å². The summed E-state index contributed by atoms with van der Waals surface area (Å²) in [7, 11) is 1.65. The van der Waals surface area contributed by atoms with Crippen LogP contribution in [-0.2, 0) is 4.79 Å². The SMILES string of the molecule is [2H]C(Br)(c1ccc(F)cc1)C(Br)C(=O)N(C)c1ccccc1. The van der Waals surface area contributed by atoms with Crippen LogP contribution in [-0.4, -0.2) is 17.8 Å². The Morgan fingerprint density at radius 3 is 2.29 bits per heavy atom. The van der Waals surface area contributed by atoms with Crippen molar-refractivity contribution in [3.63, 3.8) is 0 Å². The number of para-hydroxylation sites is 1. The van der Waals surface area contributed by atoms with Crippen molar-refractivity contribution in [3.8, 4) is 0 Å². The number of benzene rings is 2. The van der Waals surface area contributed by atoms with Crippen molar-refractivity contribution in [2.75, 3.05) is 11.9 Å². The zero-order chi connectivity index (χ0) is 16.3. The van der Waals surface area contributed by atoms with E-state index < -0.39 is 9.63 Å². The minimum absolute atomic E-state index is 0.276. The Morgan fingerprint density at radius 2 is 1.71 bits per heavy atom. The molecule has 2 aromatic rings. The van der Waals surface area contributed by atoms with Gasteiger partial charge in [-0.05, 0) is 29.8 Å². The molecule has 110 valence electrons. The molecule has 1 amide bonds. The molecule has 0 aromatic heterocycles. The molecular formula is C16H14Br2FNO. The Balaban J connectivity index is 2.23. The number of carbonyl (C=O) groups is 1. The molecule has 0 aliphatic carbocycles. The Hall–Kier alpha value is -1.20. The van der Waals surface area contributed by atoms with E-state index in [0.29, 0.717) is 5.56 Å². The highest BCUT2D eigenvalue weighted by atomic mass is 79.9. The summed E-state index contributed by atoms with van der Waals surface area (Å²) in [6.45, 7) is 0. The molecule has 2 unspecified atom stereocenters. The van der Waals surface area contributed by atoms with E-state index in [0.717, 1.165) is 5.69 Å². The van der Waals surface area contributed by atoms with Gasteiger partial charge in [0.2, 0.25) is 5.91 Å². The Morgan fingerprint density at radius 1 is 1.14 bits per heavy atom. The summed E-state index contributed by atoms with van der Waals surface area (Å²) in [4.78, 5) is 11.8. The number of hydrogen-bond donors (Lipinski definition) is 0. The number of rotatable bonds is 4. The quantitative estimate of drug-likeness (QED) is 0.663. The smallest absolute Gasteiger partial charge is 0.242 e. The van der Waals surface area contributed by atoms with Gasteiger partial charge in [-0.2, -0.15) is 0 Å². The van der Waals surface area contributed by atoms with Crippen molar-refractivity contribution in [3.05, 3.63) is 66.0 Å². The maximum Gasteiger partial charge on any atom is 0.242 e. The molecule has 0 N–H and O–H groups in total. The molecule has 0 saturated heterocycles. The van der Waals surface area contributed by atoms with Crippen LogP contribution in [0.2, 0.25) is 0 Å². The Bertz CT molecular complexity index is 649. The first-order valence-electron chi connectivity index (χ1n) is 6.75. The number of anilines is 1. The predicted octanol–water partition coefficient (Wildman–Crippen LogP) is 4.69. The van der Waals surface area contributed by atoms with Crippen LogP contribution in [0.4, 0.5) is 10.1 Å². The van der Waals surface area contributed by atoms with Crippen molar-refractivity contribution in [2.24, 2.45) is 0 Å². The normalized spacial score (nSPS) is 15.7. The monoisotopic (exact) mass is 414 g/mol. The molecule has 0 spiro atoms. The van der Waals surface area contributed by atoms with E-state index >= 15 is 0 Å². The number of alkyl halides is 2. The van der Waals surface area contributed by atoms with Gasteiger partial charge in [-0.15, -0.1) is 0 Å². The molecule has 0 bridgehead atoms. The highest BCUT2D eigenvalue weighted by molar-refractivity contribution is 9.12. The molecule has 2 aromatic carbocycles. The van der Waals surface area contributed by atoms with Crippen LogP contribution in [0.3, 0.4) is 0 Å². The topological polar surface area (TPSA) is 20.3 Å². The van der Waals surface area contributed by atoms with E-state index in [4.69, 9.17) is 1.37 Å².